The standard InChI is InChI=1S/C9H9BrN2O/c1-7-2-3-8(4-9(7)10)5-11-12-6-13/h2-6H,1H3,(H,12,13)/b11-5+. The van der Waals surface area contributed by atoms with Crippen LogP contribution in [0, 0.1) is 6.92 Å². The molecule has 0 fully saturated rings. The molecule has 1 N–H and O–H groups in total. The van der Waals surface area contributed by atoms with E-state index < -0.39 is 0 Å². The van der Waals surface area contributed by atoms with Gasteiger partial charge in [-0.3, -0.25) is 4.79 Å². The molecule has 0 atom stereocenters. The summed E-state index contributed by atoms with van der Waals surface area (Å²) in [6.45, 7) is 2.01. The summed E-state index contributed by atoms with van der Waals surface area (Å²) in [5.41, 5.74) is 4.31. The third-order valence-corrected chi connectivity index (χ3v) is 2.39. The molecule has 0 aliphatic carbocycles. The van der Waals surface area contributed by atoms with Crippen molar-refractivity contribution in [2.75, 3.05) is 0 Å². The molecular formula is C9H9BrN2O. The highest BCUT2D eigenvalue weighted by atomic mass is 79.9. The molecule has 68 valence electrons. The predicted molar refractivity (Wildman–Crippen MR) is 55.7 cm³/mol. The number of hydrogen-bond donors (Lipinski definition) is 1. The minimum absolute atomic E-state index is 0.528. The van der Waals surface area contributed by atoms with E-state index >= 15 is 0 Å². The number of hydrogen-bond acceptors (Lipinski definition) is 2. The summed E-state index contributed by atoms with van der Waals surface area (Å²) < 4.78 is 1.03. The fourth-order valence-corrected chi connectivity index (χ4v) is 1.23. The van der Waals surface area contributed by atoms with Crippen molar-refractivity contribution in [1.29, 1.82) is 0 Å². The highest BCUT2D eigenvalue weighted by Crippen LogP contribution is 2.16. The van der Waals surface area contributed by atoms with E-state index in [0.717, 1.165) is 10.0 Å². The first-order valence-corrected chi connectivity index (χ1v) is 4.51. The average molecular weight is 241 g/mol. The van der Waals surface area contributed by atoms with Gasteiger partial charge in [0.25, 0.3) is 0 Å². The number of carbonyl (C=O) groups excluding carboxylic acids is 1. The van der Waals surface area contributed by atoms with Crippen LogP contribution < -0.4 is 5.43 Å². The van der Waals surface area contributed by atoms with E-state index in [9.17, 15) is 4.79 Å². The van der Waals surface area contributed by atoms with E-state index in [4.69, 9.17) is 0 Å². The lowest BCUT2D eigenvalue weighted by Gasteiger charge is -1.98. The van der Waals surface area contributed by atoms with Crippen molar-refractivity contribution in [1.82, 2.24) is 5.43 Å². The van der Waals surface area contributed by atoms with Gasteiger partial charge in [-0.25, -0.2) is 5.43 Å². The Bertz CT molecular complexity index is 336. The van der Waals surface area contributed by atoms with Crippen LogP contribution >= 0.6 is 15.9 Å². The summed E-state index contributed by atoms with van der Waals surface area (Å²) in [6, 6.07) is 5.84. The van der Waals surface area contributed by atoms with Crippen LogP contribution in [0.2, 0.25) is 0 Å². The van der Waals surface area contributed by atoms with Crippen LogP contribution in [-0.2, 0) is 4.79 Å². The third-order valence-electron chi connectivity index (χ3n) is 1.54. The molecule has 13 heavy (non-hydrogen) atoms. The normalized spacial score (nSPS) is 10.3. The van der Waals surface area contributed by atoms with E-state index in [1.54, 1.807) is 6.21 Å². The molecular weight excluding hydrogens is 232 g/mol. The molecule has 0 saturated carbocycles. The second kappa shape index (κ2) is 4.77. The van der Waals surface area contributed by atoms with Crippen LogP contribution in [-0.4, -0.2) is 12.6 Å². The highest BCUT2D eigenvalue weighted by molar-refractivity contribution is 9.10. The predicted octanol–water partition coefficient (Wildman–Crippen LogP) is 1.84. The smallest absolute Gasteiger partial charge is 0.227 e. The lowest BCUT2D eigenvalue weighted by atomic mass is 10.2. The third kappa shape index (κ3) is 2.99. The SMILES string of the molecule is Cc1ccc(/C=N/NC=O)cc1Br. The van der Waals surface area contributed by atoms with Gasteiger partial charge in [-0.05, 0) is 24.1 Å². The summed E-state index contributed by atoms with van der Waals surface area (Å²) >= 11 is 3.40. The molecule has 0 aliphatic rings. The van der Waals surface area contributed by atoms with Gasteiger partial charge in [0, 0.05) is 4.47 Å². The van der Waals surface area contributed by atoms with Gasteiger partial charge in [0.2, 0.25) is 6.41 Å². The topological polar surface area (TPSA) is 41.5 Å². The summed E-state index contributed by atoms with van der Waals surface area (Å²) in [5, 5.41) is 3.67. The van der Waals surface area contributed by atoms with Gasteiger partial charge < -0.3 is 0 Å². The summed E-state index contributed by atoms with van der Waals surface area (Å²) in [4.78, 5) is 9.88. The van der Waals surface area contributed by atoms with Gasteiger partial charge >= 0.3 is 0 Å². The number of amides is 1. The lowest BCUT2D eigenvalue weighted by molar-refractivity contribution is -0.109. The molecule has 0 unspecified atom stereocenters. The summed E-state index contributed by atoms with van der Waals surface area (Å²) in [6.07, 6.45) is 2.11. The number of aryl methyl sites for hydroxylation is 1. The maximum atomic E-state index is 9.88. The Morgan fingerprint density at radius 2 is 2.31 bits per heavy atom. The highest BCUT2D eigenvalue weighted by Gasteiger charge is 1.94. The Morgan fingerprint density at radius 3 is 2.92 bits per heavy atom. The molecule has 3 nitrogen and oxygen atoms in total. The molecule has 1 rings (SSSR count). The number of rotatable bonds is 3. The Labute approximate surface area is 85.0 Å². The number of hydrazone groups is 1. The Morgan fingerprint density at radius 1 is 1.54 bits per heavy atom. The van der Waals surface area contributed by atoms with Crippen molar-refractivity contribution in [3.63, 3.8) is 0 Å². The van der Waals surface area contributed by atoms with Gasteiger partial charge in [-0.2, -0.15) is 5.10 Å². The molecule has 0 saturated heterocycles. The molecule has 0 radical (unpaired) electrons. The Kier molecular flexibility index (Phi) is 3.64. The van der Waals surface area contributed by atoms with Gasteiger partial charge in [-0.15, -0.1) is 0 Å². The number of halogens is 1. The monoisotopic (exact) mass is 240 g/mol. The largest absolute Gasteiger partial charge is 0.277 e. The van der Waals surface area contributed by atoms with E-state index in [2.05, 4.69) is 26.5 Å². The quantitative estimate of drug-likeness (QED) is 0.489. The molecule has 1 aromatic carbocycles. The van der Waals surface area contributed by atoms with Crippen molar-refractivity contribution < 1.29 is 4.79 Å². The van der Waals surface area contributed by atoms with Gasteiger partial charge in [-0.1, -0.05) is 28.1 Å². The molecule has 0 aliphatic heterocycles. The summed E-state index contributed by atoms with van der Waals surface area (Å²) in [7, 11) is 0. The van der Waals surface area contributed by atoms with Crippen LogP contribution in [0.25, 0.3) is 0 Å². The molecule has 4 heteroatoms. The van der Waals surface area contributed by atoms with Crippen LogP contribution in [0.4, 0.5) is 0 Å². The number of benzene rings is 1. The minimum atomic E-state index is 0.528. The molecule has 0 spiro atoms. The fourth-order valence-electron chi connectivity index (χ4n) is 0.832. The van der Waals surface area contributed by atoms with Crippen LogP contribution in [0.5, 0.6) is 0 Å². The van der Waals surface area contributed by atoms with Gasteiger partial charge in [0.05, 0.1) is 6.21 Å². The van der Waals surface area contributed by atoms with Crippen LogP contribution in [0.15, 0.2) is 27.8 Å². The zero-order chi connectivity index (χ0) is 9.68. The van der Waals surface area contributed by atoms with Crippen molar-refractivity contribution in [2.24, 2.45) is 5.10 Å². The Balaban J connectivity index is 2.79. The first-order valence-electron chi connectivity index (χ1n) is 3.72. The Hall–Kier alpha value is -1.16. The van der Waals surface area contributed by atoms with Crippen molar-refractivity contribution in [2.45, 2.75) is 6.92 Å². The zero-order valence-electron chi connectivity index (χ0n) is 7.12. The first kappa shape index (κ1) is 9.92. The van der Waals surface area contributed by atoms with Crippen molar-refractivity contribution >= 4 is 28.6 Å². The zero-order valence-corrected chi connectivity index (χ0v) is 8.71. The maximum absolute atomic E-state index is 9.88. The van der Waals surface area contributed by atoms with Crippen molar-refractivity contribution in [3.05, 3.63) is 33.8 Å². The molecule has 0 bridgehead atoms. The van der Waals surface area contributed by atoms with E-state index in [1.807, 2.05) is 25.1 Å². The van der Waals surface area contributed by atoms with Gasteiger partial charge in [0.1, 0.15) is 0 Å². The van der Waals surface area contributed by atoms with Crippen LogP contribution in [0.3, 0.4) is 0 Å². The number of nitrogens with one attached hydrogen (secondary N) is 1. The second-order valence-corrected chi connectivity index (χ2v) is 3.37. The number of carbonyl (C=O) groups is 1. The fraction of sp³-hybridized carbons (Fsp3) is 0.111. The second-order valence-electron chi connectivity index (χ2n) is 2.51. The molecule has 1 aromatic rings. The minimum Gasteiger partial charge on any atom is -0.277 e. The molecule has 0 aromatic heterocycles. The lowest BCUT2D eigenvalue weighted by Crippen LogP contribution is -2.00. The van der Waals surface area contributed by atoms with Crippen LogP contribution in [0.1, 0.15) is 11.1 Å². The van der Waals surface area contributed by atoms with E-state index in [0.29, 0.717) is 6.41 Å². The summed E-state index contributed by atoms with van der Waals surface area (Å²) in [5.74, 6) is 0. The molecule has 1 amide bonds. The maximum Gasteiger partial charge on any atom is 0.227 e. The van der Waals surface area contributed by atoms with Gasteiger partial charge in [0.15, 0.2) is 0 Å². The first-order chi connectivity index (χ1) is 6.24. The average Bonchev–Trinajstić information content (AvgIpc) is 2.12. The van der Waals surface area contributed by atoms with E-state index in [1.165, 1.54) is 5.56 Å². The number of nitrogens with zero attached hydrogens (tertiary/aromatic N) is 1. The molecule has 0 heterocycles. The van der Waals surface area contributed by atoms with E-state index in [-0.39, 0.29) is 0 Å². The van der Waals surface area contributed by atoms with Crippen molar-refractivity contribution in [3.8, 4) is 0 Å².